The van der Waals surface area contributed by atoms with Crippen molar-refractivity contribution in [2.24, 2.45) is 0 Å². The number of anilines is 1. The van der Waals surface area contributed by atoms with Crippen LogP contribution >= 0.6 is 15.9 Å². The first-order chi connectivity index (χ1) is 6.91. The Balaban J connectivity index is 2.88. The summed E-state index contributed by atoms with van der Waals surface area (Å²) in [6.07, 6.45) is -0.353. The topological polar surface area (TPSA) is 32.3 Å². The van der Waals surface area contributed by atoms with Crippen LogP contribution in [0.15, 0.2) is 16.6 Å². The van der Waals surface area contributed by atoms with Crippen LogP contribution in [0.1, 0.15) is 25.0 Å². The summed E-state index contributed by atoms with van der Waals surface area (Å²) in [6, 6.07) is 4.22. The summed E-state index contributed by atoms with van der Waals surface area (Å²) in [5, 5.41) is 12.7. The number of nitrogens with one attached hydrogen (secondary N) is 1. The van der Waals surface area contributed by atoms with Crippen LogP contribution in [0, 0.1) is 13.8 Å². The van der Waals surface area contributed by atoms with E-state index in [2.05, 4.69) is 47.2 Å². The number of aliphatic hydroxyl groups is 1. The molecule has 0 fully saturated rings. The minimum Gasteiger partial charge on any atom is -0.391 e. The van der Waals surface area contributed by atoms with E-state index in [1.54, 1.807) is 6.92 Å². The number of hydrogen-bond donors (Lipinski definition) is 2. The molecule has 2 atom stereocenters. The second-order valence-corrected chi connectivity index (χ2v) is 4.89. The Morgan fingerprint density at radius 1 is 1.20 bits per heavy atom. The Hall–Kier alpha value is -0.540. The molecule has 84 valence electrons. The van der Waals surface area contributed by atoms with Gasteiger partial charge in [-0.05, 0) is 51.0 Å². The minimum absolute atomic E-state index is 0.0602. The van der Waals surface area contributed by atoms with Gasteiger partial charge in [-0.15, -0.1) is 0 Å². The van der Waals surface area contributed by atoms with Crippen molar-refractivity contribution in [3.05, 3.63) is 27.7 Å². The quantitative estimate of drug-likeness (QED) is 0.885. The lowest BCUT2D eigenvalue weighted by Gasteiger charge is -2.19. The predicted molar refractivity (Wildman–Crippen MR) is 68.4 cm³/mol. The summed E-state index contributed by atoms with van der Waals surface area (Å²) in [5.74, 6) is 0. The van der Waals surface area contributed by atoms with Crippen molar-refractivity contribution >= 4 is 21.6 Å². The van der Waals surface area contributed by atoms with Gasteiger partial charge in [-0.25, -0.2) is 0 Å². The van der Waals surface area contributed by atoms with Gasteiger partial charge in [0.25, 0.3) is 0 Å². The molecule has 1 aromatic rings. The molecule has 0 aliphatic carbocycles. The van der Waals surface area contributed by atoms with Crippen LogP contribution in [0.2, 0.25) is 0 Å². The van der Waals surface area contributed by atoms with Gasteiger partial charge in [0.2, 0.25) is 0 Å². The normalized spacial score (nSPS) is 14.8. The van der Waals surface area contributed by atoms with Gasteiger partial charge < -0.3 is 10.4 Å². The average Bonchev–Trinajstić information content (AvgIpc) is 2.13. The van der Waals surface area contributed by atoms with Crippen molar-refractivity contribution in [2.75, 3.05) is 5.32 Å². The van der Waals surface area contributed by atoms with Crippen molar-refractivity contribution in [2.45, 2.75) is 39.8 Å². The highest BCUT2D eigenvalue weighted by Gasteiger charge is 2.09. The number of rotatable bonds is 3. The average molecular weight is 272 g/mol. The molecule has 3 heteroatoms. The molecule has 0 bridgehead atoms. The summed E-state index contributed by atoms with van der Waals surface area (Å²) in [7, 11) is 0. The maximum Gasteiger partial charge on any atom is 0.0710 e. The largest absolute Gasteiger partial charge is 0.391 e. The van der Waals surface area contributed by atoms with Gasteiger partial charge >= 0.3 is 0 Å². The van der Waals surface area contributed by atoms with E-state index in [4.69, 9.17) is 0 Å². The molecule has 0 saturated carbocycles. The smallest absolute Gasteiger partial charge is 0.0710 e. The van der Waals surface area contributed by atoms with Crippen LogP contribution in [0.3, 0.4) is 0 Å². The van der Waals surface area contributed by atoms with Crippen molar-refractivity contribution in [3.8, 4) is 0 Å². The first-order valence-corrected chi connectivity index (χ1v) is 5.92. The lowest BCUT2D eigenvalue weighted by atomic mass is 10.1. The van der Waals surface area contributed by atoms with E-state index in [0.717, 1.165) is 10.2 Å². The fourth-order valence-corrected chi connectivity index (χ4v) is 1.64. The van der Waals surface area contributed by atoms with E-state index >= 15 is 0 Å². The molecule has 0 spiro atoms. The van der Waals surface area contributed by atoms with Crippen LogP contribution < -0.4 is 5.32 Å². The second-order valence-electron chi connectivity index (χ2n) is 4.10. The number of aryl methyl sites for hydroxylation is 2. The maximum atomic E-state index is 9.40. The molecular weight excluding hydrogens is 254 g/mol. The Bertz CT molecular complexity index is 326. The fourth-order valence-electron chi connectivity index (χ4n) is 1.41. The molecule has 0 aliphatic heterocycles. The molecule has 0 aromatic heterocycles. The maximum absolute atomic E-state index is 9.40. The lowest BCUT2D eigenvalue weighted by Crippen LogP contribution is -2.27. The molecule has 1 rings (SSSR count). The number of hydrogen-bond acceptors (Lipinski definition) is 2. The van der Waals surface area contributed by atoms with Crippen molar-refractivity contribution in [3.63, 3.8) is 0 Å². The molecule has 15 heavy (non-hydrogen) atoms. The molecule has 2 N–H and O–H groups in total. The van der Waals surface area contributed by atoms with E-state index in [-0.39, 0.29) is 12.1 Å². The van der Waals surface area contributed by atoms with Crippen LogP contribution in [-0.4, -0.2) is 17.3 Å². The summed E-state index contributed by atoms with van der Waals surface area (Å²) in [4.78, 5) is 0. The molecule has 0 radical (unpaired) electrons. The van der Waals surface area contributed by atoms with Gasteiger partial charge in [0.15, 0.2) is 0 Å². The first kappa shape index (κ1) is 12.5. The lowest BCUT2D eigenvalue weighted by molar-refractivity contribution is 0.178. The summed E-state index contributed by atoms with van der Waals surface area (Å²) >= 11 is 3.53. The summed E-state index contributed by atoms with van der Waals surface area (Å²) < 4.78 is 1.15. The van der Waals surface area contributed by atoms with Gasteiger partial charge in [-0.2, -0.15) is 0 Å². The zero-order chi connectivity index (χ0) is 11.6. The van der Waals surface area contributed by atoms with Crippen molar-refractivity contribution in [1.29, 1.82) is 0 Å². The van der Waals surface area contributed by atoms with Crippen LogP contribution in [-0.2, 0) is 0 Å². The number of aliphatic hydroxyl groups excluding tert-OH is 1. The molecule has 0 aliphatic rings. The van der Waals surface area contributed by atoms with E-state index in [9.17, 15) is 5.11 Å². The summed E-state index contributed by atoms with van der Waals surface area (Å²) in [6.45, 7) is 7.89. The van der Waals surface area contributed by atoms with Crippen LogP contribution in [0.4, 0.5) is 5.69 Å². The van der Waals surface area contributed by atoms with Gasteiger partial charge in [-0.3, -0.25) is 0 Å². The summed E-state index contributed by atoms with van der Waals surface area (Å²) in [5.41, 5.74) is 3.46. The minimum atomic E-state index is -0.353. The fraction of sp³-hybridized carbons (Fsp3) is 0.500. The highest BCUT2D eigenvalue weighted by atomic mass is 79.9. The van der Waals surface area contributed by atoms with Crippen molar-refractivity contribution in [1.82, 2.24) is 0 Å². The van der Waals surface area contributed by atoms with E-state index in [1.165, 1.54) is 11.1 Å². The standard InChI is InChI=1S/C12H18BrNO/c1-7-5-11(6-8(2)12(7)13)14-9(3)10(4)15/h5-6,9-10,14-15H,1-4H3. The van der Waals surface area contributed by atoms with Gasteiger partial charge in [0.1, 0.15) is 0 Å². The molecule has 0 heterocycles. The van der Waals surface area contributed by atoms with Gasteiger partial charge in [0, 0.05) is 16.2 Å². The Kier molecular flexibility index (Phi) is 4.17. The molecule has 2 unspecified atom stereocenters. The number of halogens is 1. The second kappa shape index (κ2) is 4.99. The highest BCUT2D eigenvalue weighted by molar-refractivity contribution is 9.10. The first-order valence-electron chi connectivity index (χ1n) is 5.13. The number of benzene rings is 1. The molecule has 0 amide bonds. The zero-order valence-electron chi connectivity index (χ0n) is 9.63. The van der Waals surface area contributed by atoms with Crippen molar-refractivity contribution < 1.29 is 5.11 Å². The molecular formula is C12H18BrNO. The third-order valence-corrected chi connectivity index (χ3v) is 3.81. The van der Waals surface area contributed by atoms with E-state index < -0.39 is 0 Å². The Morgan fingerprint density at radius 2 is 1.67 bits per heavy atom. The van der Waals surface area contributed by atoms with Crippen LogP contribution in [0.25, 0.3) is 0 Å². The van der Waals surface area contributed by atoms with Gasteiger partial charge in [-0.1, -0.05) is 15.9 Å². The third kappa shape index (κ3) is 3.21. The third-order valence-electron chi connectivity index (χ3n) is 2.55. The highest BCUT2D eigenvalue weighted by Crippen LogP contribution is 2.25. The Morgan fingerprint density at radius 3 is 2.07 bits per heavy atom. The van der Waals surface area contributed by atoms with E-state index in [0.29, 0.717) is 0 Å². The van der Waals surface area contributed by atoms with Crippen LogP contribution in [0.5, 0.6) is 0 Å². The van der Waals surface area contributed by atoms with Gasteiger partial charge in [0.05, 0.1) is 6.10 Å². The zero-order valence-corrected chi connectivity index (χ0v) is 11.2. The van der Waals surface area contributed by atoms with E-state index in [1.807, 2.05) is 6.92 Å². The molecule has 1 aromatic carbocycles. The Labute approximate surface area is 99.8 Å². The molecule has 2 nitrogen and oxygen atoms in total. The SMILES string of the molecule is Cc1cc(NC(C)C(C)O)cc(C)c1Br. The molecule has 0 saturated heterocycles. The monoisotopic (exact) mass is 271 g/mol. The predicted octanol–water partition coefficient (Wildman–Crippen LogP) is 3.25.